The molecule has 0 bridgehead atoms. The molecule has 0 aliphatic heterocycles. The summed E-state index contributed by atoms with van der Waals surface area (Å²) < 4.78 is 14.4. The quantitative estimate of drug-likeness (QED) is 0.583. The van der Waals surface area contributed by atoms with E-state index in [2.05, 4.69) is 60.0 Å². The lowest BCUT2D eigenvalue weighted by Gasteiger charge is -2.22. The molecule has 1 nitrogen and oxygen atoms in total. The van der Waals surface area contributed by atoms with Crippen molar-refractivity contribution < 1.29 is 4.39 Å². The highest BCUT2D eigenvalue weighted by Crippen LogP contribution is 2.27. The maximum Gasteiger partial charge on any atom is 0.123 e. The maximum atomic E-state index is 13.1. The third-order valence-corrected chi connectivity index (χ3v) is 4.31. The van der Waals surface area contributed by atoms with Gasteiger partial charge < -0.3 is 5.32 Å². The predicted octanol–water partition coefficient (Wildman–Crippen LogP) is 6.08. The molecule has 0 saturated heterocycles. The first-order valence-electron chi connectivity index (χ1n) is 7.38. The number of halogens is 2. The highest BCUT2D eigenvalue weighted by atomic mass is 127. The summed E-state index contributed by atoms with van der Waals surface area (Å²) >= 11 is 2.32. The number of hydrogen-bond acceptors (Lipinski definition) is 1. The zero-order valence-corrected chi connectivity index (χ0v) is 14.7. The lowest BCUT2D eigenvalue weighted by Crippen LogP contribution is -2.11. The second-order valence-electron chi connectivity index (χ2n) is 5.35. The van der Waals surface area contributed by atoms with Crippen LogP contribution in [0.4, 0.5) is 10.1 Å². The fraction of sp³-hybridized carbons (Fsp3) is 0.333. The minimum absolute atomic E-state index is 0.182. The molecule has 0 amide bonds. The van der Waals surface area contributed by atoms with E-state index in [1.54, 1.807) is 0 Å². The zero-order valence-electron chi connectivity index (χ0n) is 12.5. The van der Waals surface area contributed by atoms with Crippen molar-refractivity contribution >= 4 is 28.3 Å². The molecule has 112 valence electrons. The molecule has 3 heteroatoms. The number of rotatable bonds is 6. The summed E-state index contributed by atoms with van der Waals surface area (Å²) in [6, 6.07) is 13.5. The van der Waals surface area contributed by atoms with Crippen LogP contribution in [-0.4, -0.2) is 0 Å². The van der Waals surface area contributed by atoms with Gasteiger partial charge in [0.1, 0.15) is 5.82 Å². The third kappa shape index (κ3) is 4.70. The van der Waals surface area contributed by atoms with Crippen molar-refractivity contribution in [1.82, 2.24) is 0 Å². The van der Waals surface area contributed by atoms with Crippen molar-refractivity contribution in [3.63, 3.8) is 0 Å². The first-order chi connectivity index (χ1) is 10.1. The number of hydrogen-bond donors (Lipinski definition) is 1. The molecule has 2 aromatic rings. The first-order valence-corrected chi connectivity index (χ1v) is 8.46. The fourth-order valence-corrected chi connectivity index (χ4v) is 3.05. The lowest BCUT2D eigenvalue weighted by molar-refractivity contribution is 0.616. The third-order valence-electron chi connectivity index (χ3n) is 3.64. The van der Waals surface area contributed by atoms with Crippen LogP contribution in [0.5, 0.6) is 0 Å². The van der Waals surface area contributed by atoms with Gasteiger partial charge in [0, 0.05) is 9.26 Å². The standard InChI is InChI=1S/C18H21FIN/c1-3-4-5-18(14-6-8-15(19)9-7-14)21-17-11-10-16(20)12-13(17)2/h6-12,18,21H,3-5H2,1-2H3. The second kappa shape index (κ2) is 7.78. The number of aryl methyl sites for hydroxylation is 1. The van der Waals surface area contributed by atoms with E-state index >= 15 is 0 Å². The van der Waals surface area contributed by atoms with Crippen LogP contribution in [0, 0.1) is 16.3 Å². The van der Waals surface area contributed by atoms with Gasteiger partial charge in [0.05, 0.1) is 6.04 Å². The first kappa shape index (κ1) is 16.3. The highest BCUT2D eigenvalue weighted by molar-refractivity contribution is 14.1. The Morgan fingerprint density at radius 3 is 2.48 bits per heavy atom. The monoisotopic (exact) mass is 397 g/mol. The molecule has 0 aliphatic carbocycles. The van der Waals surface area contributed by atoms with E-state index in [0.29, 0.717) is 0 Å². The molecule has 2 rings (SSSR count). The van der Waals surface area contributed by atoms with Crippen LogP contribution in [-0.2, 0) is 0 Å². The van der Waals surface area contributed by atoms with Gasteiger partial charge in [0.2, 0.25) is 0 Å². The molecule has 0 saturated carbocycles. The number of unbranched alkanes of at least 4 members (excludes halogenated alkanes) is 1. The van der Waals surface area contributed by atoms with E-state index in [4.69, 9.17) is 0 Å². The summed E-state index contributed by atoms with van der Waals surface area (Å²) in [4.78, 5) is 0. The smallest absolute Gasteiger partial charge is 0.123 e. The normalized spacial score (nSPS) is 12.2. The van der Waals surface area contributed by atoms with Gasteiger partial charge in [-0.3, -0.25) is 0 Å². The Kier molecular flexibility index (Phi) is 6.03. The van der Waals surface area contributed by atoms with E-state index in [0.717, 1.165) is 30.5 Å². The Morgan fingerprint density at radius 1 is 1.14 bits per heavy atom. The largest absolute Gasteiger partial charge is 0.378 e. The molecule has 0 heterocycles. The van der Waals surface area contributed by atoms with Crippen molar-refractivity contribution in [2.45, 2.75) is 39.2 Å². The van der Waals surface area contributed by atoms with Gasteiger partial charge in [-0.05, 0) is 77.4 Å². The fourth-order valence-electron chi connectivity index (χ4n) is 2.40. The van der Waals surface area contributed by atoms with Gasteiger partial charge >= 0.3 is 0 Å². The molecule has 1 N–H and O–H groups in total. The molecule has 0 aromatic heterocycles. The lowest BCUT2D eigenvalue weighted by atomic mass is 10.00. The molecule has 0 aliphatic rings. The molecule has 0 spiro atoms. The van der Waals surface area contributed by atoms with Crippen molar-refractivity contribution in [2.24, 2.45) is 0 Å². The summed E-state index contributed by atoms with van der Waals surface area (Å²) in [7, 11) is 0. The Hall–Kier alpha value is -1.10. The molecule has 1 atom stereocenters. The summed E-state index contributed by atoms with van der Waals surface area (Å²) in [5.74, 6) is -0.182. The summed E-state index contributed by atoms with van der Waals surface area (Å²) in [6.45, 7) is 4.31. The van der Waals surface area contributed by atoms with Gasteiger partial charge in [0.25, 0.3) is 0 Å². The topological polar surface area (TPSA) is 12.0 Å². The van der Waals surface area contributed by atoms with E-state index in [9.17, 15) is 4.39 Å². The number of anilines is 1. The molecular weight excluding hydrogens is 376 g/mol. The minimum Gasteiger partial charge on any atom is -0.378 e. The number of nitrogens with one attached hydrogen (secondary N) is 1. The van der Waals surface area contributed by atoms with Crippen LogP contribution in [0.15, 0.2) is 42.5 Å². The van der Waals surface area contributed by atoms with E-state index < -0.39 is 0 Å². The summed E-state index contributed by atoms with van der Waals surface area (Å²) in [6.07, 6.45) is 3.36. The maximum absolute atomic E-state index is 13.1. The highest BCUT2D eigenvalue weighted by Gasteiger charge is 2.12. The number of benzene rings is 2. The molecule has 0 fully saturated rings. The second-order valence-corrected chi connectivity index (χ2v) is 6.60. The van der Waals surface area contributed by atoms with Crippen molar-refractivity contribution in [2.75, 3.05) is 5.32 Å². The van der Waals surface area contributed by atoms with Crippen molar-refractivity contribution in [3.8, 4) is 0 Å². The summed E-state index contributed by atoms with van der Waals surface area (Å²) in [5, 5.41) is 3.62. The van der Waals surface area contributed by atoms with Crippen LogP contribution in [0.2, 0.25) is 0 Å². The van der Waals surface area contributed by atoms with Crippen LogP contribution < -0.4 is 5.32 Å². The Morgan fingerprint density at radius 2 is 1.86 bits per heavy atom. The average Bonchev–Trinajstić information content (AvgIpc) is 2.46. The average molecular weight is 397 g/mol. The van der Waals surface area contributed by atoms with Gasteiger partial charge in [0.15, 0.2) is 0 Å². The van der Waals surface area contributed by atoms with E-state index in [1.807, 2.05) is 12.1 Å². The van der Waals surface area contributed by atoms with E-state index in [-0.39, 0.29) is 11.9 Å². The Labute approximate surface area is 140 Å². The van der Waals surface area contributed by atoms with E-state index in [1.165, 1.54) is 21.3 Å². The van der Waals surface area contributed by atoms with Gasteiger partial charge in [-0.2, -0.15) is 0 Å². The summed E-state index contributed by atoms with van der Waals surface area (Å²) in [5.41, 5.74) is 3.54. The van der Waals surface area contributed by atoms with Crippen LogP contribution >= 0.6 is 22.6 Å². The molecule has 2 aromatic carbocycles. The SMILES string of the molecule is CCCCC(Nc1ccc(I)cc1C)c1ccc(F)cc1. The molecule has 21 heavy (non-hydrogen) atoms. The van der Waals surface area contributed by atoms with Crippen molar-refractivity contribution in [3.05, 3.63) is 63.0 Å². The van der Waals surface area contributed by atoms with Gasteiger partial charge in [-0.25, -0.2) is 4.39 Å². The van der Waals surface area contributed by atoms with Crippen LogP contribution in [0.3, 0.4) is 0 Å². The van der Waals surface area contributed by atoms with Gasteiger partial charge in [-0.15, -0.1) is 0 Å². The molecular formula is C18H21FIN. The predicted molar refractivity (Wildman–Crippen MR) is 96.2 cm³/mol. The van der Waals surface area contributed by atoms with Crippen LogP contribution in [0.1, 0.15) is 43.4 Å². The minimum atomic E-state index is -0.182. The Balaban J connectivity index is 2.21. The Bertz CT molecular complexity index is 580. The molecule has 0 radical (unpaired) electrons. The zero-order chi connectivity index (χ0) is 15.2. The molecule has 1 unspecified atom stereocenters. The van der Waals surface area contributed by atoms with Gasteiger partial charge in [-0.1, -0.05) is 31.9 Å². The van der Waals surface area contributed by atoms with Crippen molar-refractivity contribution in [1.29, 1.82) is 0 Å². The van der Waals surface area contributed by atoms with Crippen LogP contribution in [0.25, 0.3) is 0 Å².